The van der Waals surface area contributed by atoms with Crippen molar-refractivity contribution in [3.8, 4) is 0 Å². The molecule has 0 radical (unpaired) electrons. The van der Waals surface area contributed by atoms with Gasteiger partial charge >= 0.3 is 0 Å². The van der Waals surface area contributed by atoms with Gasteiger partial charge in [-0.05, 0) is 26.2 Å². The van der Waals surface area contributed by atoms with Gasteiger partial charge in [-0.15, -0.1) is 0 Å². The zero-order valence-electron chi connectivity index (χ0n) is 9.18. The van der Waals surface area contributed by atoms with Gasteiger partial charge in [0, 0.05) is 18.6 Å². The van der Waals surface area contributed by atoms with Crippen LogP contribution in [0.5, 0.6) is 0 Å². The molecular weight excluding hydrogens is 206 g/mol. The lowest BCUT2D eigenvalue weighted by Crippen LogP contribution is -2.27. The fraction of sp³-hybridized carbons (Fsp3) is 0.273. The van der Waals surface area contributed by atoms with Crippen LogP contribution >= 0.6 is 12.2 Å². The molecule has 0 fully saturated rings. The van der Waals surface area contributed by atoms with Gasteiger partial charge in [0.05, 0.1) is 11.5 Å². The van der Waals surface area contributed by atoms with E-state index in [2.05, 4.69) is 16.9 Å². The van der Waals surface area contributed by atoms with Gasteiger partial charge in [0.25, 0.3) is 0 Å². The molecule has 0 unspecified atom stereocenters. The SMILES string of the molecule is C=CN(/C=C\C)CC(=S)N/C=C\N=C/C. The number of rotatable bonds is 6. The standard InChI is InChI=1S/C11H17N3S/c1-4-9-14(6-3)10-11(15)13-8-7-12-5-2/h4-9H,3,10H2,1-2H3,(H,13,15)/b8-7-,9-4-,12-5-. The largest absolute Gasteiger partial charge is 0.353 e. The van der Waals surface area contributed by atoms with Crippen molar-refractivity contribution in [2.24, 2.45) is 4.99 Å². The number of allylic oxidation sites excluding steroid dienone is 1. The predicted octanol–water partition coefficient (Wildman–Crippen LogP) is 2.44. The molecule has 0 spiro atoms. The number of nitrogens with one attached hydrogen (secondary N) is 1. The minimum Gasteiger partial charge on any atom is -0.353 e. The van der Waals surface area contributed by atoms with Crippen LogP contribution in [0, 0.1) is 0 Å². The summed E-state index contributed by atoms with van der Waals surface area (Å²) in [6.07, 6.45) is 10.6. The first kappa shape index (κ1) is 13.6. The minimum absolute atomic E-state index is 0.614. The summed E-state index contributed by atoms with van der Waals surface area (Å²) >= 11 is 5.12. The van der Waals surface area contributed by atoms with Crippen molar-refractivity contribution in [3.63, 3.8) is 0 Å². The molecule has 0 saturated carbocycles. The normalized spacial score (nSPS) is 11.3. The van der Waals surface area contributed by atoms with Crippen LogP contribution in [0.3, 0.4) is 0 Å². The highest BCUT2D eigenvalue weighted by Crippen LogP contribution is 1.91. The summed E-state index contributed by atoms with van der Waals surface area (Å²) in [5.41, 5.74) is 0. The Labute approximate surface area is 96.9 Å². The van der Waals surface area contributed by atoms with E-state index in [1.165, 1.54) is 0 Å². The van der Waals surface area contributed by atoms with E-state index < -0.39 is 0 Å². The lowest BCUT2D eigenvalue weighted by molar-refractivity contribution is 0.582. The Bertz CT molecular complexity index is 280. The van der Waals surface area contributed by atoms with Crippen LogP contribution in [0.2, 0.25) is 0 Å². The number of thiocarbonyl (C=S) groups is 1. The molecule has 0 aliphatic heterocycles. The highest BCUT2D eigenvalue weighted by Gasteiger charge is 1.96. The first-order chi connectivity index (χ1) is 7.24. The highest BCUT2D eigenvalue weighted by atomic mass is 32.1. The van der Waals surface area contributed by atoms with Gasteiger partial charge in [0.1, 0.15) is 0 Å². The molecule has 0 aliphatic rings. The van der Waals surface area contributed by atoms with Gasteiger partial charge in [-0.25, -0.2) is 0 Å². The molecule has 0 atom stereocenters. The molecule has 0 bridgehead atoms. The summed E-state index contributed by atoms with van der Waals surface area (Å²) in [5.74, 6) is 0. The fourth-order valence-electron chi connectivity index (χ4n) is 0.840. The maximum atomic E-state index is 5.12. The molecule has 0 amide bonds. The molecule has 0 aromatic rings. The lowest BCUT2D eigenvalue weighted by Gasteiger charge is -2.14. The van der Waals surface area contributed by atoms with Crippen LogP contribution in [0.1, 0.15) is 13.8 Å². The van der Waals surface area contributed by atoms with Gasteiger partial charge in [0.2, 0.25) is 0 Å². The quantitative estimate of drug-likeness (QED) is 0.553. The molecule has 4 heteroatoms. The molecule has 1 N–H and O–H groups in total. The smallest absolute Gasteiger partial charge is 0.0993 e. The Morgan fingerprint density at radius 2 is 2.27 bits per heavy atom. The summed E-state index contributed by atoms with van der Waals surface area (Å²) < 4.78 is 0. The number of nitrogens with zero attached hydrogens (tertiary/aromatic N) is 2. The van der Waals surface area contributed by atoms with Crippen LogP contribution in [-0.4, -0.2) is 22.6 Å². The zero-order chi connectivity index (χ0) is 11.5. The second-order valence-corrected chi connectivity index (χ2v) is 3.12. The van der Waals surface area contributed by atoms with E-state index in [-0.39, 0.29) is 0 Å². The fourth-order valence-corrected chi connectivity index (χ4v) is 1.06. The van der Waals surface area contributed by atoms with Gasteiger partial charge in [0.15, 0.2) is 0 Å². The van der Waals surface area contributed by atoms with E-state index in [4.69, 9.17) is 12.2 Å². The Balaban J connectivity index is 3.96. The Morgan fingerprint density at radius 3 is 2.80 bits per heavy atom. The first-order valence-electron chi connectivity index (χ1n) is 4.67. The topological polar surface area (TPSA) is 27.6 Å². The average molecular weight is 223 g/mol. The average Bonchev–Trinajstić information content (AvgIpc) is 2.24. The molecule has 0 heterocycles. The molecule has 0 aromatic heterocycles. The first-order valence-corrected chi connectivity index (χ1v) is 5.08. The molecule has 0 aliphatic carbocycles. The third kappa shape index (κ3) is 7.64. The van der Waals surface area contributed by atoms with Crippen molar-refractivity contribution in [1.82, 2.24) is 10.2 Å². The van der Waals surface area contributed by atoms with Gasteiger partial charge in [-0.3, -0.25) is 4.99 Å². The maximum Gasteiger partial charge on any atom is 0.0993 e. The van der Waals surface area contributed by atoms with Gasteiger partial charge in [-0.1, -0.05) is 24.9 Å². The second kappa shape index (κ2) is 9.15. The van der Waals surface area contributed by atoms with E-state index >= 15 is 0 Å². The maximum absolute atomic E-state index is 5.12. The van der Waals surface area contributed by atoms with E-state index in [1.54, 1.807) is 24.8 Å². The number of hydrogen-bond acceptors (Lipinski definition) is 3. The number of aliphatic imine (C=N–C) groups is 1. The van der Waals surface area contributed by atoms with Gasteiger partial charge < -0.3 is 10.2 Å². The van der Waals surface area contributed by atoms with Crippen LogP contribution in [0.25, 0.3) is 0 Å². The van der Waals surface area contributed by atoms with Crippen molar-refractivity contribution in [2.45, 2.75) is 13.8 Å². The Morgan fingerprint density at radius 1 is 1.53 bits per heavy atom. The van der Waals surface area contributed by atoms with Crippen molar-refractivity contribution >= 4 is 23.4 Å². The van der Waals surface area contributed by atoms with Crippen molar-refractivity contribution < 1.29 is 0 Å². The molecule has 0 rings (SSSR count). The third-order valence-corrected chi connectivity index (χ3v) is 1.70. The van der Waals surface area contributed by atoms with Crippen LogP contribution in [-0.2, 0) is 0 Å². The molecule has 15 heavy (non-hydrogen) atoms. The van der Waals surface area contributed by atoms with E-state index in [0.29, 0.717) is 6.54 Å². The molecule has 0 saturated heterocycles. The van der Waals surface area contributed by atoms with Crippen molar-refractivity contribution in [3.05, 3.63) is 37.5 Å². The monoisotopic (exact) mass is 223 g/mol. The molecule has 82 valence electrons. The minimum atomic E-state index is 0.614. The number of hydrogen-bond donors (Lipinski definition) is 1. The van der Waals surface area contributed by atoms with Crippen molar-refractivity contribution in [1.29, 1.82) is 0 Å². The Kier molecular flexibility index (Phi) is 8.28. The molecule has 0 aromatic carbocycles. The lowest BCUT2D eigenvalue weighted by atomic mass is 10.5. The third-order valence-electron chi connectivity index (χ3n) is 1.46. The zero-order valence-corrected chi connectivity index (χ0v) is 10.00. The summed E-state index contributed by atoms with van der Waals surface area (Å²) in [7, 11) is 0. The second-order valence-electron chi connectivity index (χ2n) is 2.63. The molecule has 3 nitrogen and oxygen atoms in total. The summed E-state index contributed by atoms with van der Waals surface area (Å²) in [5, 5.41) is 2.95. The summed E-state index contributed by atoms with van der Waals surface area (Å²) in [4.78, 5) is 6.52. The van der Waals surface area contributed by atoms with Crippen LogP contribution in [0.4, 0.5) is 0 Å². The molecular formula is C11H17N3S. The van der Waals surface area contributed by atoms with Gasteiger partial charge in [-0.2, -0.15) is 0 Å². The van der Waals surface area contributed by atoms with Crippen LogP contribution in [0.15, 0.2) is 42.4 Å². The van der Waals surface area contributed by atoms with Crippen LogP contribution < -0.4 is 5.32 Å². The van der Waals surface area contributed by atoms with E-state index in [1.807, 2.05) is 31.0 Å². The highest BCUT2D eigenvalue weighted by molar-refractivity contribution is 7.80. The van der Waals surface area contributed by atoms with E-state index in [9.17, 15) is 0 Å². The summed E-state index contributed by atoms with van der Waals surface area (Å²) in [6, 6.07) is 0. The van der Waals surface area contributed by atoms with E-state index in [0.717, 1.165) is 4.99 Å². The Hall–Kier alpha value is -1.42. The predicted molar refractivity (Wildman–Crippen MR) is 70.8 cm³/mol. The summed E-state index contributed by atoms with van der Waals surface area (Å²) in [6.45, 7) is 8.11. The van der Waals surface area contributed by atoms with Crippen molar-refractivity contribution in [2.75, 3.05) is 6.54 Å².